The Morgan fingerprint density at radius 2 is 2.10 bits per heavy atom. The second kappa shape index (κ2) is 6.03. The van der Waals surface area contributed by atoms with Crippen LogP contribution in [0.25, 0.3) is 10.9 Å². The van der Waals surface area contributed by atoms with Crippen LogP contribution in [0, 0.1) is 0 Å². The van der Waals surface area contributed by atoms with Crippen molar-refractivity contribution in [1.82, 2.24) is 10.3 Å². The number of nitrogens with one attached hydrogen (secondary N) is 1. The minimum Gasteiger partial charge on any atom is -0.487 e. The van der Waals surface area contributed by atoms with Crippen molar-refractivity contribution in [2.24, 2.45) is 0 Å². The third kappa shape index (κ3) is 2.81. The highest BCUT2D eigenvalue weighted by Crippen LogP contribution is 2.26. The second-order valence-electron chi connectivity index (χ2n) is 4.53. The molecule has 0 bridgehead atoms. The molecule has 0 atom stereocenters. The first kappa shape index (κ1) is 13.1. The van der Waals surface area contributed by atoms with Crippen molar-refractivity contribution in [1.29, 1.82) is 0 Å². The van der Waals surface area contributed by atoms with Gasteiger partial charge in [0, 0.05) is 22.9 Å². The molecule has 0 amide bonds. The first-order chi connectivity index (χ1) is 9.86. The summed E-state index contributed by atoms with van der Waals surface area (Å²) < 4.78 is 5.99. The lowest BCUT2D eigenvalue weighted by Crippen LogP contribution is -2.07. The van der Waals surface area contributed by atoms with Gasteiger partial charge in [-0.05, 0) is 30.6 Å². The highest BCUT2D eigenvalue weighted by atomic mass is 32.1. The van der Waals surface area contributed by atoms with E-state index in [1.54, 1.807) is 11.3 Å². The first-order valence-corrected chi connectivity index (χ1v) is 7.43. The fraction of sp³-hybridized carbons (Fsp3) is 0.188. The van der Waals surface area contributed by atoms with E-state index in [9.17, 15) is 0 Å². The number of nitrogens with zero attached hydrogens (tertiary/aromatic N) is 1. The van der Waals surface area contributed by atoms with Crippen LogP contribution in [0.15, 0.2) is 47.8 Å². The van der Waals surface area contributed by atoms with E-state index in [4.69, 9.17) is 4.74 Å². The van der Waals surface area contributed by atoms with Gasteiger partial charge in [-0.2, -0.15) is 0 Å². The van der Waals surface area contributed by atoms with Gasteiger partial charge in [-0.1, -0.05) is 18.2 Å². The van der Waals surface area contributed by atoms with Gasteiger partial charge in [-0.25, -0.2) is 0 Å². The zero-order valence-corrected chi connectivity index (χ0v) is 12.1. The van der Waals surface area contributed by atoms with Gasteiger partial charge < -0.3 is 10.1 Å². The molecule has 0 radical (unpaired) electrons. The smallest absolute Gasteiger partial charge is 0.131 e. The van der Waals surface area contributed by atoms with Gasteiger partial charge in [0.25, 0.3) is 0 Å². The molecule has 0 aliphatic heterocycles. The lowest BCUT2D eigenvalue weighted by Gasteiger charge is -2.10. The number of rotatable bonds is 5. The lowest BCUT2D eigenvalue weighted by molar-refractivity contribution is 0.313. The van der Waals surface area contributed by atoms with Crippen molar-refractivity contribution < 1.29 is 4.74 Å². The summed E-state index contributed by atoms with van der Waals surface area (Å²) in [5, 5.41) is 6.25. The average molecular weight is 284 g/mol. The zero-order chi connectivity index (χ0) is 13.8. The van der Waals surface area contributed by atoms with Gasteiger partial charge in [0.2, 0.25) is 0 Å². The number of aromatic nitrogens is 1. The number of ether oxygens (including phenoxy) is 1. The molecule has 0 aliphatic rings. The minimum absolute atomic E-state index is 0.602. The molecule has 102 valence electrons. The standard InChI is InChI=1S/C16H16N2OS/c1-17-10-12-9-16(19-11-13-5-4-8-20-13)14-6-2-3-7-15(14)18-12/h2-9,17H,10-11H2,1H3. The van der Waals surface area contributed by atoms with Crippen LogP contribution in [-0.2, 0) is 13.2 Å². The Labute approximate surface area is 122 Å². The van der Waals surface area contributed by atoms with E-state index in [0.717, 1.165) is 28.9 Å². The zero-order valence-electron chi connectivity index (χ0n) is 11.3. The predicted molar refractivity (Wildman–Crippen MR) is 83.2 cm³/mol. The monoisotopic (exact) mass is 284 g/mol. The topological polar surface area (TPSA) is 34.1 Å². The van der Waals surface area contributed by atoms with Crippen LogP contribution in [0.3, 0.4) is 0 Å². The summed E-state index contributed by atoms with van der Waals surface area (Å²) >= 11 is 1.71. The Bertz CT molecular complexity index is 695. The van der Waals surface area contributed by atoms with E-state index in [1.807, 2.05) is 37.4 Å². The Kier molecular flexibility index (Phi) is 3.95. The quantitative estimate of drug-likeness (QED) is 0.777. The third-order valence-corrected chi connectivity index (χ3v) is 3.89. The molecule has 0 unspecified atom stereocenters. The van der Waals surface area contributed by atoms with Crippen molar-refractivity contribution in [3.05, 3.63) is 58.4 Å². The highest BCUT2D eigenvalue weighted by molar-refractivity contribution is 7.09. The normalized spacial score (nSPS) is 10.8. The molecule has 1 N–H and O–H groups in total. The number of benzene rings is 1. The second-order valence-corrected chi connectivity index (χ2v) is 5.56. The van der Waals surface area contributed by atoms with Crippen LogP contribution in [0.4, 0.5) is 0 Å². The molecule has 2 heterocycles. The molecule has 0 fully saturated rings. The van der Waals surface area contributed by atoms with Gasteiger partial charge >= 0.3 is 0 Å². The Morgan fingerprint density at radius 1 is 1.20 bits per heavy atom. The van der Waals surface area contributed by atoms with Crippen LogP contribution in [0.2, 0.25) is 0 Å². The van der Waals surface area contributed by atoms with Crippen LogP contribution in [0.1, 0.15) is 10.6 Å². The maximum atomic E-state index is 5.99. The van der Waals surface area contributed by atoms with E-state index < -0.39 is 0 Å². The number of hydrogen-bond acceptors (Lipinski definition) is 4. The van der Waals surface area contributed by atoms with Gasteiger partial charge in [-0.15, -0.1) is 11.3 Å². The average Bonchev–Trinajstić information content (AvgIpc) is 2.98. The molecule has 0 saturated carbocycles. The van der Waals surface area contributed by atoms with Crippen LogP contribution < -0.4 is 10.1 Å². The SMILES string of the molecule is CNCc1cc(OCc2cccs2)c2ccccc2n1. The van der Waals surface area contributed by atoms with E-state index >= 15 is 0 Å². The van der Waals surface area contributed by atoms with E-state index in [1.165, 1.54) is 4.88 Å². The molecule has 4 heteroatoms. The first-order valence-electron chi connectivity index (χ1n) is 6.55. The number of fused-ring (bicyclic) bond motifs is 1. The molecule has 3 aromatic rings. The third-order valence-electron chi connectivity index (χ3n) is 3.04. The molecule has 2 aromatic heterocycles. The van der Waals surface area contributed by atoms with Gasteiger partial charge in [-0.3, -0.25) is 4.98 Å². The predicted octanol–water partition coefficient (Wildman–Crippen LogP) is 3.59. The molecule has 20 heavy (non-hydrogen) atoms. The Hall–Kier alpha value is -1.91. The van der Waals surface area contributed by atoms with E-state index in [-0.39, 0.29) is 0 Å². The summed E-state index contributed by atoms with van der Waals surface area (Å²) in [6, 6.07) is 14.2. The minimum atomic E-state index is 0.602. The summed E-state index contributed by atoms with van der Waals surface area (Å²) in [4.78, 5) is 5.85. The Morgan fingerprint density at radius 3 is 2.90 bits per heavy atom. The summed E-state index contributed by atoms with van der Waals surface area (Å²) in [6.45, 7) is 1.34. The van der Waals surface area contributed by atoms with Crippen LogP contribution in [-0.4, -0.2) is 12.0 Å². The summed E-state index contributed by atoms with van der Waals surface area (Å²) in [5.41, 5.74) is 1.97. The maximum Gasteiger partial charge on any atom is 0.131 e. The summed E-state index contributed by atoms with van der Waals surface area (Å²) in [7, 11) is 1.92. The van der Waals surface area contributed by atoms with Crippen molar-refractivity contribution in [2.45, 2.75) is 13.2 Å². The molecule has 0 aliphatic carbocycles. The fourth-order valence-corrected chi connectivity index (χ4v) is 2.75. The highest BCUT2D eigenvalue weighted by Gasteiger charge is 2.07. The lowest BCUT2D eigenvalue weighted by atomic mass is 10.2. The molecule has 3 rings (SSSR count). The molecule has 0 saturated heterocycles. The van der Waals surface area contributed by atoms with Crippen LogP contribution >= 0.6 is 11.3 Å². The van der Waals surface area contributed by atoms with E-state index in [0.29, 0.717) is 6.61 Å². The van der Waals surface area contributed by atoms with Crippen molar-refractivity contribution >= 4 is 22.2 Å². The van der Waals surface area contributed by atoms with Crippen molar-refractivity contribution in [2.75, 3.05) is 7.05 Å². The number of para-hydroxylation sites is 1. The maximum absolute atomic E-state index is 5.99. The molecular weight excluding hydrogens is 268 g/mol. The van der Waals surface area contributed by atoms with Crippen molar-refractivity contribution in [3.8, 4) is 5.75 Å². The summed E-state index contributed by atoms with van der Waals surface area (Å²) in [5.74, 6) is 0.897. The molecule has 0 spiro atoms. The number of pyridine rings is 1. The largest absolute Gasteiger partial charge is 0.487 e. The van der Waals surface area contributed by atoms with Gasteiger partial charge in [0.15, 0.2) is 0 Å². The van der Waals surface area contributed by atoms with Gasteiger partial charge in [0.1, 0.15) is 12.4 Å². The van der Waals surface area contributed by atoms with Crippen LogP contribution in [0.5, 0.6) is 5.75 Å². The fourth-order valence-electron chi connectivity index (χ4n) is 2.13. The van der Waals surface area contributed by atoms with Gasteiger partial charge in [0.05, 0.1) is 11.2 Å². The van der Waals surface area contributed by atoms with Crippen molar-refractivity contribution in [3.63, 3.8) is 0 Å². The summed E-state index contributed by atoms with van der Waals surface area (Å²) in [6.07, 6.45) is 0. The number of thiophene rings is 1. The Balaban J connectivity index is 1.94. The van der Waals surface area contributed by atoms with E-state index in [2.05, 4.69) is 27.8 Å². The number of hydrogen-bond donors (Lipinski definition) is 1. The molecule has 3 nitrogen and oxygen atoms in total. The molecular formula is C16H16N2OS. The molecule has 1 aromatic carbocycles.